The van der Waals surface area contributed by atoms with E-state index >= 15 is 0 Å². The molecule has 0 aliphatic heterocycles. The van der Waals surface area contributed by atoms with Gasteiger partial charge in [-0.05, 0) is 12.4 Å². The lowest BCUT2D eigenvalue weighted by Crippen LogP contribution is -2.41. The van der Waals surface area contributed by atoms with Crippen molar-refractivity contribution in [1.29, 1.82) is 0 Å². The number of hydrazine groups is 1. The van der Waals surface area contributed by atoms with Crippen LogP contribution in [-0.4, -0.2) is 12.1 Å². The Morgan fingerprint density at radius 2 is 1.73 bits per heavy atom. The van der Waals surface area contributed by atoms with Crippen LogP contribution in [0.25, 0.3) is 0 Å². The fraction of sp³-hybridized carbons (Fsp3) is 0.455. The van der Waals surface area contributed by atoms with Crippen molar-refractivity contribution in [3.8, 4) is 0 Å². The van der Waals surface area contributed by atoms with E-state index in [4.69, 9.17) is 5.02 Å². The van der Waals surface area contributed by atoms with Crippen LogP contribution in [0.15, 0.2) is 30.3 Å². The molecule has 0 heterocycles. The van der Waals surface area contributed by atoms with Crippen LogP contribution in [0.5, 0.6) is 0 Å². The van der Waals surface area contributed by atoms with Crippen molar-refractivity contribution in [2.45, 2.75) is 33.6 Å². The van der Waals surface area contributed by atoms with Crippen molar-refractivity contribution < 1.29 is 5.02 Å². The molecule has 0 saturated carbocycles. The molecule has 0 aromatic heterocycles. The number of hydrogen-bond acceptors (Lipinski definition) is 3. The summed E-state index contributed by atoms with van der Waals surface area (Å²) in [6.07, 6.45) is 1.25. The Balaban J connectivity index is 0.000000583. The minimum Gasteiger partial charge on any atom is -0.437 e. The Bertz CT molecular complexity index is 229. The van der Waals surface area contributed by atoms with Crippen LogP contribution in [-0.2, 0) is 6.54 Å². The van der Waals surface area contributed by atoms with Crippen molar-refractivity contribution >= 4 is 7.05 Å². The van der Waals surface area contributed by atoms with E-state index in [1.54, 1.807) is 6.82 Å². The molecule has 0 unspecified atom stereocenters. The van der Waals surface area contributed by atoms with Crippen LogP contribution in [0.2, 0.25) is 6.82 Å². The molecule has 0 bridgehead atoms. The molecule has 4 heteroatoms. The first kappa shape index (κ1) is 14.2. The van der Waals surface area contributed by atoms with Crippen LogP contribution in [0.3, 0.4) is 0 Å². The first-order valence-electron chi connectivity index (χ1n) is 5.41. The fourth-order valence-electron chi connectivity index (χ4n) is 0.897. The van der Waals surface area contributed by atoms with Gasteiger partial charge >= 0.3 is 7.05 Å². The highest BCUT2D eigenvalue weighted by atomic mass is 16.2. The van der Waals surface area contributed by atoms with Crippen LogP contribution in [0, 0.1) is 0 Å². The van der Waals surface area contributed by atoms with Gasteiger partial charge in [-0.2, -0.15) is 0 Å². The molecule has 1 aromatic carbocycles. The summed E-state index contributed by atoms with van der Waals surface area (Å²) in [5, 5.41) is 11.6. The predicted molar refractivity (Wildman–Crippen MR) is 66.2 cm³/mol. The Morgan fingerprint density at radius 3 is 2.20 bits per heavy atom. The van der Waals surface area contributed by atoms with Crippen LogP contribution in [0.4, 0.5) is 0 Å². The molecular weight excluding hydrogens is 187 g/mol. The lowest BCUT2D eigenvalue weighted by Gasteiger charge is -2.06. The molecule has 3 N–H and O–H groups in total. The summed E-state index contributed by atoms with van der Waals surface area (Å²) in [7, 11) is -0.520. The van der Waals surface area contributed by atoms with E-state index in [-0.39, 0.29) is 0 Å². The maximum atomic E-state index is 8.86. The molecule has 3 nitrogen and oxygen atoms in total. The van der Waals surface area contributed by atoms with Crippen molar-refractivity contribution in [1.82, 2.24) is 10.8 Å². The van der Waals surface area contributed by atoms with E-state index in [1.165, 1.54) is 12.0 Å². The molecule has 0 spiro atoms. The minimum atomic E-state index is -0.520. The third kappa shape index (κ3) is 9.47. The van der Waals surface area contributed by atoms with E-state index in [0.717, 1.165) is 0 Å². The first-order chi connectivity index (χ1) is 7.20. The highest BCUT2D eigenvalue weighted by molar-refractivity contribution is 6.45. The maximum absolute atomic E-state index is 8.86. The quantitative estimate of drug-likeness (QED) is 0.522. The standard InChI is InChI=1S/C8H13BN2O.C3H8/c1-9(12)11-10-7-8-5-3-2-4-6-8;1-3-2/h2-6,10-12H,7H2,1H3;3H2,1-2H3. The predicted octanol–water partition coefficient (Wildman–Crippen LogP) is 1.81. The van der Waals surface area contributed by atoms with Gasteiger partial charge in [-0.25, -0.2) is 0 Å². The second-order valence-electron chi connectivity index (χ2n) is 3.37. The maximum Gasteiger partial charge on any atom is 0.387 e. The summed E-state index contributed by atoms with van der Waals surface area (Å²) >= 11 is 0. The van der Waals surface area contributed by atoms with E-state index in [0.29, 0.717) is 6.54 Å². The summed E-state index contributed by atoms with van der Waals surface area (Å²) < 4.78 is 0. The number of hydrogen-bond donors (Lipinski definition) is 3. The molecule has 1 rings (SSSR count). The smallest absolute Gasteiger partial charge is 0.387 e. The van der Waals surface area contributed by atoms with Gasteiger partial charge in [0.1, 0.15) is 0 Å². The Labute approximate surface area is 93.0 Å². The molecule has 84 valence electrons. The van der Waals surface area contributed by atoms with Crippen LogP contribution >= 0.6 is 0 Å². The molecule has 0 fully saturated rings. The molecule has 0 atom stereocenters. The van der Waals surface area contributed by atoms with Gasteiger partial charge in [0, 0.05) is 6.54 Å². The topological polar surface area (TPSA) is 44.3 Å². The molecule has 0 aliphatic carbocycles. The molecular formula is C11H21BN2O. The average molecular weight is 208 g/mol. The second-order valence-corrected chi connectivity index (χ2v) is 3.37. The van der Waals surface area contributed by atoms with Gasteiger partial charge < -0.3 is 5.02 Å². The van der Waals surface area contributed by atoms with Gasteiger partial charge in [-0.15, -0.1) is 0 Å². The van der Waals surface area contributed by atoms with Crippen LogP contribution in [0.1, 0.15) is 25.8 Å². The summed E-state index contributed by atoms with van der Waals surface area (Å²) in [5.41, 5.74) is 4.09. The highest BCUT2D eigenvalue weighted by Crippen LogP contribution is 1.95. The van der Waals surface area contributed by atoms with Gasteiger partial charge in [0.25, 0.3) is 0 Å². The Morgan fingerprint density at radius 1 is 1.20 bits per heavy atom. The van der Waals surface area contributed by atoms with Gasteiger partial charge in [0.2, 0.25) is 0 Å². The van der Waals surface area contributed by atoms with E-state index in [9.17, 15) is 0 Å². The second kappa shape index (κ2) is 9.71. The zero-order chi connectivity index (χ0) is 11.5. The lowest BCUT2D eigenvalue weighted by molar-refractivity contribution is 0.520. The first-order valence-corrected chi connectivity index (χ1v) is 5.41. The van der Waals surface area contributed by atoms with E-state index in [1.807, 2.05) is 30.3 Å². The monoisotopic (exact) mass is 208 g/mol. The summed E-state index contributed by atoms with van der Waals surface area (Å²) in [5.74, 6) is 0. The van der Waals surface area contributed by atoms with Crippen molar-refractivity contribution in [3.63, 3.8) is 0 Å². The van der Waals surface area contributed by atoms with Crippen molar-refractivity contribution in [2.24, 2.45) is 0 Å². The third-order valence-corrected chi connectivity index (χ3v) is 1.45. The Hall–Kier alpha value is -0.835. The van der Waals surface area contributed by atoms with Gasteiger partial charge in [0.05, 0.1) is 0 Å². The van der Waals surface area contributed by atoms with E-state index < -0.39 is 7.05 Å². The zero-order valence-corrected chi connectivity index (χ0v) is 9.83. The number of nitrogens with one attached hydrogen (secondary N) is 2. The molecule has 1 aromatic rings. The SMILES string of the molecule is CB(O)NNCc1ccccc1.CCC. The fourth-order valence-corrected chi connectivity index (χ4v) is 0.897. The molecule has 0 amide bonds. The van der Waals surface area contributed by atoms with Gasteiger partial charge in [-0.3, -0.25) is 10.8 Å². The normalized spacial score (nSPS) is 9.07. The summed E-state index contributed by atoms with van der Waals surface area (Å²) in [6, 6.07) is 10.00. The van der Waals surface area contributed by atoms with Crippen molar-refractivity contribution in [3.05, 3.63) is 35.9 Å². The van der Waals surface area contributed by atoms with Crippen molar-refractivity contribution in [2.75, 3.05) is 0 Å². The molecule has 0 aliphatic rings. The Kier molecular flexibility index (Phi) is 9.17. The van der Waals surface area contributed by atoms with Gasteiger partial charge in [-0.1, -0.05) is 50.6 Å². The molecule has 0 saturated heterocycles. The summed E-state index contributed by atoms with van der Waals surface area (Å²) in [6.45, 7) is 6.63. The molecule has 15 heavy (non-hydrogen) atoms. The lowest BCUT2D eigenvalue weighted by atomic mass is 9.91. The largest absolute Gasteiger partial charge is 0.437 e. The van der Waals surface area contributed by atoms with E-state index in [2.05, 4.69) is 24.6 Å². The average Bonchev–Trinajstić information content (AvgIpc) is 2.20. The number of benzene rings is 1. The summed E-state index contributed by atoms with van der Waals surface area (Å²) in [4.78, 5) is 0. The number of rotatable bonds is 4. The molecule has 0 radical (unpaired) electrons. The third-order valence-electron chi connectivity index (χ3n) is 1.45. The van der Waals surface area contributed by atoms with Crippen LogP contribution < -0.4 is 10.8 Å². The minimum absolute atomic E-state index is 0.520. The zero-order valence-electron chi connectivity index (χ0n) is 9.83. The highest BCUT2D eigenvalue weighted by Gasteiger charge is 1.98. The van der Waals surface area contributed by atoms with Gasteiger partial charge in [0.15, 0.2) is 0 Å².